The van der Waals surface area contributed by atoms with Crippen LogP contribution in [-0.4, -0.2) is 22.9 Å². The van der Waals surface area contributed by atoms with Crippen molar-refractivity contribution in [1.29, 1.82) is 0 Å². The Morgan fingerprint density at radius 3 is 2.44 bits per heavy atom. The van der Waals surface area contributed by atoms with E-state index in [9.17, 15) is 19.7 Å². The molecule has 0 aromatic heterocycles. The number of aryl methyl sites for hydroxylation is 1. The summed E-state index contributed by atoms with van der Waals surface area (Å²) in [7, 11) is 0. The number of nitro benzene ring substituents is 1. The number of carbonyl (C=O) groups is 2. The van der Waals surface area contributed by atoms with E-state index >= 15 is 0 Å². The minimum Gasteiger partial charge on any atom is -0.452 e. The molecule has 0 saturated heterocycles. The molecule has 0 radical (unpaired) electrons. The maximum atomic E-state index is 12.1. The predicted molar refractivity (Wildman–Crippen MR) is 92.2 cm³/mol. The average Bonchev–Trinajstić information content (AvgIpc) is 2.57. The van der Waals surface area contributed by atoms with Crippen LogP contribution in [0.4, 0.5) is 11.4 Å². The van der Waals surface area contributed by atoms with Gasteiger partial charge in [0, 0.05) is 6.07 Å². The Bertz CT molecular complexity index is 786. The molecule has 2 rings (SSSR count). The van der Waals surface area contributed by atoms with E-state index in [1.807, 2.05) is 31.2 Å². The number of ether oxygens (including phenoxy) is 1. The maximum Gasteiger partial charge on any atom is 0.311 e. The van der Waals surface area contributed by atoms with Crippen molar-refractivity contribution in [2.24, 2.45) is 0 Å². The van der Waals surface area contributed by atoms with Gasteiger partial charge < -0.3 is 10.1 Å². The van der Waals surface area contributed by atoms with E-state index in [0.717, 1.165) is 11.1 Å². The molecule has 1 amide bonds. The van der Waals surface area contributed by atoms with Gasteiger partial charge in [0.2, 0.25) is 0 Å². The Hall–Kier alpha value is -3.22. The van der Waals surface area contributed by atoms with Crippen LogP contribution >= 0.6 is 0 Å². The van der Waals surface area contributed by atoms with Gasteiger partial charge in [-0.2, -0.15) is 0 Å². The van der Waals surface area contributed by atoms with Crippen molar-refractivity contribution in [3.8, 4) is 0 Å². The lowest BCUT2D eigenvalue weighted by molar-refractivity contribution is -0.383. The summed E-state index contributed by atoms with van der Waals surface area (Å²) < 4.78 is 5.10. The van der Waals surface area contributed by atoms with Crippen LogP contribution in [0.2, 0.25) is 0 Å². The molecule has 2 aromatic rings. The van der Waals surface area contributed by atoms with Crippen LogP contribution in [0.3, 0.4) is 0 Å². The highest BCUT2D eigenvalue weighted by molar-refractivity contribution is 5.96. The molecular formula is C18H18N2O5. The Morgan fingerprint density at radius 1 is 1.16 bits per heavy atom. The van der Waals surface area contributed by atoms with E-state index in [1.165, 1.54) is 25.1 Å². The van der Waals surface area contributed by atoms with Crippen molar-refractivity contribution >= 4 is 23.3 Å². The predicted octanol–water partition coefficient (Wildman–Crippen LogP) is 3.02. The van der Waals surface area contributed by atoms with Crippen molar-refractivity contribution in [3.05, 3.63) is 69.8 Å². The molecule has 0 fully saturated rings. The van der Waals surface area contributed by atoms with Crippen molar-refractivity contribution in [3.63, 3.8) is 0 Å². The number of hydrogen-bond acceptors (Lipinski definition) is 5. The molecule has 0 aliphatic heterocycles. The molecule has 2 aromatic carbocycles. The van der Waals surface area contributed by atoms with E-state index < -0.39 is 22.9 Å². The van der Waals surface area contributed by atoms with Crippen molar-refractivity contribution in [1.82, 2.24) is 0 Å². The molecular weight excluding hydrogens is 324 g/mol. The quantitative estimate of drug-likeness (QED) is 0.494. The second kappa shape index (κ2) is 8.05. The van der Waals surface area contributed by atoms with Gasteiger partial charge in [-0.05, 0) is 25.5 Å². The molecule has 1 N–H and O–H groups in total. The third-order valence-corrected chi connectivity index (χ3v) is 3.51. The van der Waals surface area contributed by atoms with E-state index in [-0.39, 0.29) is 17.8 Å². The van der Waals surface area contributed by atoms with Gasteiger partial charge >= 0.3 is 5.97 Å². The van der Waals surface area contributed by atoms with E-state index in [0.29, 0.717) is 0 Å². The largest absolute Gasteiger partial charge is 0.452 e. The van der Waals surface area contributed by atoms with Gasteiger partial charge in [-0.25, -0.2) is 0 Å². The monoisotopic (exact) mass is 342 g/mol. The fraction of sp³-hybridized carbons (Fsp3) is 0.222. The number of nitrogens with zero attached hydrogens (tertiary/aromatic N) is 1. The zero-order chi connectivity index (χ0) is 18.4. The number of esters is 1. The fourth-order valence-electron chi connectivity index (χ4n) is 2.14. The summed E-state index contributed by atoms with van der Waals surface area (Å²) in [6.45, 7) is 3.36. The fourth-order valence-corrected chi connectivity index (χ4v) is 2.14. The topological polar surface area (TPSA) is 98.5 Å². The number of amides is 1. The molecule has 0 aliphatic rings. The van der Waals surface area contributed by atoms with Gasteiger partial charge in [-0.3, -0.25) is 19.7 Å². The third kappa shape index (κ3) is 5.13. The Balaban J connectivity index is 1.95. The molecule has 25 heavy (non-hydrogen) atoms. The van der Waals surface area contributed by atoms with Crippen molar-refractivity contribution in [2.75, 3.05) is 5.32 Å². The molecule has 0 saturated carbocycles. The number of nitrogens with one attached hydrogen (secondary N) is 1. The molecule has 0 heterocycles. The summed E-state index contributed by atoms with van der Waals surface area (Å²) in [6, 6.07) is 13.2. The summed E-state index contributed by atoms with van der Waals surface area (Å²) in [5, 5.41) is 13.4. The summed E-state index contributed by atoms with van der Waals surface area (Å²) >= 11 is 0. The van der Waals surface area contributed by atoms with Crippen molar-refractivity contribution in [2.45, 2.75) is 26.4 Å². The average molecular weight is 342 g/mol. The molecule has 1 atom stereocenters. The highest BCUT2D eigenvalue weighted by Gasteiger charge is 2.21. The SMILES string of the molecule is Cc1ccc(CC(=O)O[C@H](C)C(=O)Nc2ccccc2[N+](=O)[O-])cc1. The lowest BCUT2D eigenvalue weighted by Crippen LogP contribution is -2.30. The number of para-hydroxylation sites is 2. The van der Waals surface area contributed by atoms with Gasteiger partial charge in [-0.15, -0.1) is 0 Å². The molecule has 0 aliphatic carbocycles. The summed E-state index contributed by atoms with van der Waals surface area (Å²) in [5.74, 6) is -1.18. The zero-order valence-electron chi connectivity index (χ0n) is 13.9. The van der Waals surface area contributed by atoms with Gasteiger partial charge in [-0.1, -0.05) is 42.0 Å². The first-order chi connectivity index (χ1) is 11.9. The minimum absolute atomic E-state index is 0.0450. The first-order valence-corrected chi connectivity index (χ1v) is 7.66. The molecule has 0 bridgehead atoms. The first kappa shape index (κ1) is 18.1. The minimum atomic E-state index is -1.07. The number of anilines is 1. The van der Waals surface area contributed by atoms with Crippen LogP contribution in [0, 0.1) is 17.0 Å². The van der Waals surface area contributed by atoms with Crippen LogP contribution < -0.4 is 5.32 Å². The van der Waals surface area contributed by atoms with Crippen LogP contribution in [0.1, 0.15) is 18.1 Å². The first-order valence-electron chi connectivity index (χ1n) is 7.66. The summed E-state index contributed by atoms with van der Waals surface area (Å²) in [5.41, 5.74) is 1.68. The Labute approximate surface area is 144 Å². The number of carbonyl (C=O) groups excluding carboxylic acids is 2. The molecule has 0 spiro atoms. The van der Waals surface area contributed by atoms with Crippen LogP contribution in [0.25, 0.3) is 0 Å². The zero-order valence-corrected chi connectivity index (χ0v) is 13.9. The highest BCUT2D eigenvalue weighted by Crippen LogP contribution is 2.23. The van der Waals surface area contributed by atoms with Crippen LogP contribution in [0.15, 0.2) is 48.5 Å². The molecule has 7 heteroatoms. The van der Waals surface area contributed by atoms with E-state index in [1.54, 1.807) is 6.07 Å². The van der Waals surface area contributed by atoms with E-state index in [4.69, 9.17) is 4.74 Å². The number of rotatable bonds is 6. The standard InChI is InChI=1S/C18H18N2O5/c1-12-7-9-14(10-8-12)11-17(21)25-13(2)18(22)19-15-5-3-4-6-16(15)20(23)24/h3-10,13H,11H2,1-2H3,(H,19,22)/t13-/m1/s1. The Morgan fingerprint density at radius 2 is 1.80 bits per heavy atom. The van der Waals surface area contributed by atoms with Crippen LogP contribution in [-0.2, 0) is 20.7 Å². The molecule has 130 valence electrons. The van der Waals surface area contributed by atoms with Crippen molar-refractivity contribution < 1.29 is 19.2 Å². The smallest absolute Gasteiger partial charge is 0.311 e. The van der Waals surface area contributed by atoms with Gasteiger partial charge in [0.15, 0.2) is 6.10 Å². The molecule has 7 nitrogen and oxygen atoms in total. The highest BCUT2D eigenvalue weighted by atomic mass is 16.6. The summed E-state index contributed by atoms with van der Waals surface area (Å²) in [4.78, 5) is 34.4. The normalized spacial score (nSPS) is 11.4. The Kier molecular flexibility index (Phi) is 5.84. The van der Waals surface area contributed by atoms with Crippen LogP contribution in [0.5, 0.6) is 0 Å². The second-order valence-corrected chi connectivity index (χ2v) is 5.56. The second-order valence-electron chi connectivity index (χ2n) is 5.56. The van der Waals surface area contributed by atoms with Gasteiger partial charge in [0.05, 0.1) is 11.3 Å². The third-order valence-electron chi connectivity index (χ3n) is 3.51. The number of hydrogen-bond donors (Lipinski definition) is 1. The van der Waals surface area contributed by atoms with E-state index in [2.05, 4.69) is 5.32 Å². The number of benzene rings is 2. The number of nitro groups is 1. The maximum absolute atomic E-state index is 12.1. The van der Waals surface area contributed by atoms with Gasteiger partial charge in [0.25, 0.3) is 11.6 Å². The van der Waals surface area contributed by atoms with Gasteiger partial charge in [0.1, 0.15) is 5.69 Å². The lowest BCUT2D eigenvalue weighted by atomic mass is 10.1. The lowest BCUT2D eigenvalue weighted by Gasteiger charge is -2.13. The summed E-state index contributed by atoms with van der Waals surface area (Å²) in [6.07, 6.45) is -1.03. The molecule has 0 unspecified atom stereocenters.